The molecule has 1 aliphatic rings. The number of likely N-dealkylation sites (tertiary alicyclic amines) is 1. The number of likely N-dealkylation sites (N-methyl/N-ethyl adjacent to an activating group) is 1. The second-order valence-corrected chi connectivity index (χ2v) is 4.74. The van der Waals surface area contributed by atoms with Gasteiger partial charge in [0.1, 0.15) is 0 Å². The summed E-state index contributed by atoms with van der Waals surface area (Å²) in [5.74, 6) is 0.419. The first-order chi connectivity index (χ1) is 7.00. The van der Waals surface area contributed by atoms with Crippen molar-refractivity contribution in [3.05, 3.63) is 0 Å². The van der Waals surface area contributed by atoms with Gasteiger partial charge < -0.3 is 10.6 Å². The highest BCUT2D eigenvalue weighted by Gasteiger charge is 2.23. The Bertz CT molecular complexity index is 255. The van der Waals surface area contributed by atoms with Crippen molar-refractivity contribution in [1.29, 1.82) is 0 Å². The summed E-state index contributed by atoms with van der Waals surface area (Å²) in [6.45, 7) is 2.28. The minimum atomic E-state index is 0.138. The molecule has 0 aromatic carbocycles. The third-order valence-corrected chi connectivity index (χ3v) is 3.10. The molecule has 1 amide bonds. The zero-order valence-corrected chi connectivity index (χ0v) is 10.2. The van der Waals surface area contributed by atoms with Gasteiger partial charge in [0.15, 0.2) is 0 Å². The Kier molecular flexibility index (Phi) is 4.47. The highest BCUT2D eigenvalue weighted by atomic mass is 32.1. The van der Waals surface area contributed by atoms with E-state index in [-0.39, 0.29) is 11.8 Å². The van der Waals surface area contributed by atoms with Crippen molar-refractivity contribution in [3.8, 4) is 0 Å². The molecule has 0 aromatic heterocycles. The maximum absolute atomic E-state index is 11.5. The highest BCUT2D eigenvalue weighted by Crippen LogP contribution is 2.16. The lowest BCUT2D eigenvalue weighted by Crippen LogP contribution is -2.44. The van der Waals surface area contributed by atoms with Gasteiger partial charge in [-0.3, -0.25) is 9.69 Å². The molecule has 0 spiro atoms. The Balaban J connectivity index is 2.43. The van der Waals surface area contributed by atoms with Crippen molar-refractivity contribution >= 4 is 23.1 Å². The number of hydrogen-bond acceptors (Lipinski definition) is 3. The zero-order chi connectivity index (χ0) is 11.4. The van der Waals surface area contributed by atoms with Crippen molar-refractivity contribution in [2.24, 2.45) is 11.7 Å². The highest BCUT2D eigenvalue weighted by molar-refractivity contribution is 7.80. The van der Waals surface area contributed by atoms with Gasteiger partial charge in [0, 0.05) is 26.6 Å². The van der Waals surface area contributed by atoms with E-state index in [0.717, 1.165) is 25.9 Å². The van der Waals surface area contributed by atoms with Crippen molar-refractivity contribution < 1.29 is 4.79 Å². The number of carbonyl (C=O) groups is 1. The molecule has 0 bridgehead atoms. The Morgan fingerprint density at radius 2 is 2.27 bits per heavy atom. The molecule has 2 N–H and O–H groups in total. The quantitative estimate of drug-likeness (QED) is 0.696. The first-order valence-electron chi connectivity index (χ1n) is 5.22. The van der Waals surface area contributed by atoms with Crippen LogP contribution in [0.3, 0.4) is 0 Å². The summed E-state index contributed by atoms with van der Waals surface area (Å²) in [4.78, 5) is 15.8. The standard InChI is InChI=1S/C10H19N3OS/c1-12(2)9(14)7-13-5-3-4-8(6-13)10(11)15/h8H,3-7H2,1-2H3,(H2,11,15). The first kappa shape index (κ1) is 12.4. The lowest BCUT2D eigenvalue weighted by Gasteiger charge is -2.32. The fourth-order valence-electron chi connectivity index (χ4n) is 1.76. The summed E-state index contributed by atoms with van der Waals surface area (Å²) >= 11 is 4.99. The SMILES string of the molecule is CN(C)C(=O)CN1CCCC(C(N)=S)C1. The average molecular weight is 229 g/mol. The Hall–Kier alpha value is -0.680. The second-order valence-electron chi connectivity index (χ2n) is 4.26. The Labute approximate surface area is 96.4 Å². The van der Waals surface area contributed by atoms with Gasteiger partial charge >= 0.3 is 0 Å². The summed E-state index contributed by atoms with van der Waals surface area (Å²) < 4.78 is 0. The molecule has 0 saturated carbocycles. The molecular formula is C10H19N3OS. The van der Waals surface area contributed by atoms with E-state index >= 15 is 0 Å². The Morgan fingerprint density at radius 3 is 2.80 bits per heavy atom. The van der Waals surface area contributed by atoms with Crippen LogP contribution in [0, 0.1) is 5.92 Å². The molecule has 4 nitrogen and oxygen atoms in total. The number of thiocarbonyl (C=S) groups is 1. The largest absolute Gasteiger partial charge is 0.393 e. The molecule has 0 aromatic rings. The van der Waals surface area contributed by atoms with Crippen LogP contribution in [0.4, 0.5) is 0 Å². The number of piperidine rings is 1. The minimum Gasteiger partial charge on any atom is -0.393 e. The summed E-state index contributed by atoms with van der Waals surface area (Å²) in [6.07, 6.45) is 2.13. The van der Waals surface area contributed by atoms with Gasteiger partial charge in [0.05, 0.1) is 11.5 Å². The number of hydrogen-bond donors (Lipinski definition) is 1. The van der Waals surface area contributed by atoms with Crippen LogP contribution >= 0.6 is 12.2 Å². The summed E-state index contributed by atoms with van der Waals surface area (Å²) in [5, 5.41) is 0. The predicted molar refractivity (Wildman–Crippen MR) is 64.6 cm³/mol. The van der Waals surface area contributed by atoms with Gasteiger partial charge in [-0.05, 0) is 19.4 Å². The zero-order valence-electron chi connectivity index (χ0n) is 9.40. The van der Waals surface area contributed by atoms with E-state index in [1.807, 2.05) is 0 Å². The topological polar surface area (TPSA) is 49.6 Å². The molecule has 5 heteroatoms. The van der Waals surface area contributed by atoms with Gasteiger partial charge in [0.25, 0.3) is 0 Å². The smallest absolute Gasteiger partial charge is 0.236 e. The molecule has 1 heterocycles. The predicted octanol–water partition coefficient (Wildman–Crippen LogP) is 0.0727. The van der Waals surface area contributed by atoms with Crippen molar-refractivity contribution in [3.63, 3.8) is 0 Å². The second kappa shape index (κ2) is 5.42. The number of carbonyl (C=O) groups excluding carboxylic acids is 1. The van der Waals surface area contributed by atoms with E-state index < -0.39 is 0 Å². The molecule has 15 heavy (non-hydrogen) atoms. The van der Waals surface area contributed by atoms with Crippen molar-refractivity contribution in [2.75, 3.05) is 33.7 Å². The summed E-state index contributed by atoms with van der Waals surface area (Å²) in [7, 11) is 3.55. The van der Waals surface area contributed by atoms with E-state index in [1.165, 1.54) is 0 Å². The third kappa shape index (κ3) is 3.76. The monoisotopic (exact) mass is 229 g/mol. The van der Waals surface area contributed by atoms with E-state index in [2.05, 4.69) is 4.90 Å². The van der Waals surface area contributed by atoms with Crippen LogP contribution in [-0.2, 0) is 4.79 Å². The van der Waals surface area contributed by atoms with Crippen molar-refractivity contribution in [1.82, 2.24) is 9.80 Å². The molecular weight excluding hydrogens is 210 g/mol. The fourth-order valence-corrected chi connectivity index (χ4v) is 1.96. The maximum Gasteiger partial charge on any atom is 0.236 e. The minimum absolute atomic E-state index is 0.138. The van der Waals surface area contributed by atoms with Crippen LogP contribution in [0.1, 0.15) is 12.8 Å². The molecule has 0 aliphatic carbocycles. The Morgan fingerprint density at radius 1 is 1.60 bits per heavy atom. The summed E-state index contributed by atoms with van der Waals surface area (Å²) in [5.41, 5.74) is 5.63. The van der Waals surface area contributed by atoms with Crippen LogP contribution in [0.5, 0.6) is 0 Å². The van der Waals surface area contributed by atoms with Gasteiger partial charge in [-0.1, -0.05) is 12.2 Å². The van der Waals surface area contributed by atoms with Gasteiger partial charge in [-0.25, -0.2) is 0 Å². The molecule has 1 unspecified atom stereocenters. The maximum atomic E-state index is 11.5. The van der Waals surface area contributed by atoms with E-state index in [9.17, 15) is 4.79 Å². The number of rotatable bonds is 3. The molecule has 1 fully saturated rings. The molecule has 1 saturated heterocycles. The number of nitrogens with two attached hydrogens (primary N) is 1. The lowest BCUT2D eigenvalue weighted by atomic mass is 9.98. The molecule has 1 rings (SSSR count). The number of amides is 1. The lowest BCUT2D eigenvalue weighted by molar-refractivity contribution is -0.130. The van der Waals surface area contributed by atoms with Crippen LogP contribution < -0.4 is 5.73 Å². The van der Waals surface area contributed by atoms with Crippen LogP contribution in [0.25, 0.3) is 0 Å². The average Bonchev–Trinajstić information content (AvgIpc) is 2.18. The van der Waals surface area contributed by atoms with Crippen LogP contribution in [0.15, 0.2) is 0 Å². The first-order valence-corrected chi connectivity index (χ1v) is 5.63. The van der Waals surface area contributed by atoms with Crippen molar-refractivity contribution in [2.45, 2.75) is 12.8 Å². The molecule has 0 radical (unpaired) electrons. The molecule has 1 atom stereocenters. The van der Waals surface area contributed by atoms with Gasteiger partial charge in [-0.2, -0.15) is 0 Å². The van der Waals surface area contributed by atoms with E-state index in [4.69, 9.17) is 18.0 Å². The fraction of sp³-hybridized carbons (Fsp3) is 0.800. The normalized spacial score (nSPS) is 22.4. The van der Waals surface area contributed by atoms with E-state index in [0.29, 0.717) is 11.5 Å². The number of nitrogens with zero attached hydrogens (tertiary/aromatic N) is 2. The molecule has 1 aliphatic heterocycles. The van der Waals surface area contributed by atoms with Crippen LogP contribution in [0.2, 0.25) is 0 Å². The van der Waals surface area contributed by atoms with E-state index in [1.54, 1.807) is 19.0 Å². The molecule has 86 valence electrons. The third-order valence-electron chi connectivity index (χ3n) is 2.77. The van der Waals surface area contributed by atoms with Crippen LogP contribution in [-0.4, -0.2) is 54.4 Å². The van der Waals surface area contributed by atoms with Gasteiger partial charge in [0.2, 0.25) is 5.91 Å². The van der Waals surface area contributed by atoms with Gasteiger partial charge in [-0.15, -0.1) is 0 Å². The summed E-state index contributed by atoms with van der Waals surface area (Å²) in [6, 6.07) is 0.